The minimum absolute atomic E-state index is 0.00420. The SMILES string of the molecule is CN(Cc1nccn1C)S(=O)(=O)c1c(N)nc2sccn12. The molecule has 0 unspecified atom stereocenters. The Balaban J connectivity index is 2.02. The minimum atomic E-state index is -3.75. The summed E-state index contributed by atoms with van der Waals surface area (Å²) in [5.74, 6) is 0.652. The van der Waals surface area contributed by atoms with Crippen LogP contribution in [-0.4, -0.2) is 38.7 Å². The molecular weight excluding hydrogens is 312 g/mol. The molecule has 0 aliphatic carbocycles. The van der Waals surface area contributed by atoms with Crippen molar-refractivity contribution < 1.29 is 8.42 Å². The lowest BCUT2D eigenvalue weighted by Crippen LogP contribution is -2.29. The fourth-order valence-electron chi connectivity index (χ4n) is 2.02. The van der Waals surface area contributed by atoms with E-state index in [9.17, 15) is 8.42 Å². The second kappa shape index (κ2) is 4.83. The number of fused-ring (bicyclic) bond motifs is 1. The Morgan fingerprint density at radius 1 is 1.43 bits per heavy atom. The summed E-state index contributed by atoms with van der Waals surface area (Å²) in [6.45, 7) is 0.155. The summed E-state index contributed by atoms with van der Waals surface area (Å²) in [6, 6.07) is 0. The van der Waals surface area contributed by atoms with Crippen molar-refractivity contribution in [2.75, 3.05) is 12.8 Å². The van der Waals surface area contributed by atoms with E-state index in [4.69, 9.17) is 5.73 Å². The van der Waals surface area contributed by atoms with Crippen LogP contribution in [-0.2, 0) is 23.6 Å². The standard InChI is InChI=1S/C11H14N6O2S2/c1-15-4-3-13-8(15)7-16(2)21(18,19)10-9(12)14-11-17(10)5-6-20-11/h3-6H,7,12H2,1-2H3. The van der Waals surface area contributed by atoms with E-state index in [-0.39, 0.29) is 17.4 Å². The van der Waals surface area contributed by atoms with Crippen molar-refractivity contribution in [3.63, 3.8) is 0 Å². The van der Waals surface area contributed by atoms with Crippen LogP contribution in [0.15, 0.2) is 29.0 Å². The van der Waals surface area contributed by atoms with Gasteiger partial charge in [0.2, 0.25) is 0 Å². The van der Waals surface area contributed by atoms with E-state index in [0.29, 0.717) is 10.8 Å². The van der Waals surface area contributed by atoms with Crippen LogP contribution in [0.2, 0.25) is 0 Å². The molecule has 0 aliphatic heterocycles. The molecule has 3 aromatic rings. The highest BCUT2D eigenvalue weighted by molar-refractivity contribution is 7.89. The van der Waals surface area contributed by atoms with Gasteiger partial charge in [0, 0.05) is 38.1 Å². The van der Waals surface area contributed by atoms with Gasteiger partial charge in [-0.1, -0.05) is 0 Å². The zero-order valence-electron chi connectivity index (χ0n) is 11.5. The number of hydrogen-bond acceptors (Lipinski definition) is 6. The third-order valence-corrected chi connectivity index (χ3v) is 5.78. The molecule has 21 heavy (non-hydrogen) atoms. The summed E-state index contributed by atoms with van der Waals surface area (Å²) in [5, 5.41) is 1.76. The number of nitrogens with two attached hydrogens (primary N) is 1. The van der Waals surface area contributed by atoms with Crippen molar-refractivity contribution in [1.82, 2.24) is 23.2 Å². The Morgan fingerprint density at radius 3 is 2.86 bits per heavy atom. The molecule has 0 fully saturated rings. The van der Waals surface area contributed by atoms with Crippen molar-refractivity contribution >= 4 is 32.1 Å². The van der Waals surface area contributed by atoms with Gasteiger partial charge in [0.15, 0.2) is 15.8 Å². The third kappa shape index (κ3) is 2.20. The van der Waals surface area contributed by atoms with Crippen LogP contribution in [0.25, 0.3) is 4.96 Å². The number of aryl methyl sites for hydroxylation is 1. The first-order chi connectivity index (χ1) is 9.91. The number of imidazole rings is 2. The summed E-state index contributed by atoms with van der Waals surface area (Å²) in [4.78, 5) is 8.75. The highest BCUT2D eigenvalue weighted by atomic mass is 32.2. The van der Waals surface area contributed by atoms with E-state index in [1.165, 1.54) is 27.1 Å². The molecule has 8 nitrogen and oxygen atoms in total. The molecule has 10 heteroatoms. The highest BCUT2D eigenvalue weighted by Crippen LogP contribution is 2.26. The summed E-state index contributed by atoms with van der Waals surface area (Å²) in [5.41, 5.74) is 5.77. The normalized spacial score (nSPS) is 12.5. The smallest absolute Gasteiger partial charge is 0.263 e. The monoisotopic (exact) mass is 326 g/mol. The van der Waals surface area contributed by atoms with Crippen molar-refractivity contribution in [3.8, 4) is 0 Å². The predicted octanol–water partition coefficient (Wildman–Crippen LogP) is 0.532. The van der Waals surface area contributed by atoms with Gasteiger partial charge in [-0.25, -0.2) is 18.4 Å². The Hall–Kier alpha value is -1.91. The lowest BCUT2D eigenvalue weighted by Gasteiger charge is -2.16. The second-order valence-electron chi connectivity index (χ2n) is 4.57. The van der Waals surface area contributed by atoms with Gasteiger partial charge in [0.05, 0.1) is 6.54 Å². The molecule has 3 aromatic heterocycles. The Bertz CT molecular complexity index is 891. The third-order valence-electron chi connectivity index (χ3n) is 3.18. The summed E-state index contributed by atoms with van der Waals surface area (Å²) in [7, 11) is -0.446. The molecule has 3 heterocycles. The summed E-state index contributed by atoms with van der Waals surface area (Å²) in [6.07, 6.45) is 5.03. The minimum Gasteiger partial charge on any atom is -0.381 e. The van der Waals surface area contributed by atoms with Gasteiger partial charge in [-0.3, -0.25) is 4.40 Å². The highest BCUT2D eigenvalue weighted by Gasteiger charge is 2.29. The van der Waals surface area contributed by atoms with Gasteiger partial charge in [0.1, 0.15) is 5.82 Å². The van der Waals surface area contributed by atoms with Crippen LogP contribution in [0.4, 0.5) is 5.82 Å². The maximum atomic E-state index is 12.7. The van der Waals surface area contributed by atoms with E-state index >= 15 is 0 Å². The summed E-state index contributed by atoms with van der Waals surface area (Å²) < 4.78 is 29.9. The topological polar surface area (TPSA) is 98.5 Å². The van der Waals surface area contributed by atoms with Crippen LogP contribution in [0.3, 0.4) is 0 Å². The van der Waals surface area contributed by atoms with Crippen LogP contribution in [0.1, 0.15) is 5.82 Å². The molecule has 0 aromatic carbocycles. The number of hydrogen-bond donors (Lipinski definition) is 1. The van der Waals surface area contributed by atoms with Gasteiger partial charge >= 0.3 is 0 Å². The number of rotatable bonds is 4. The zero-order chi connectivity index (χ0) is 15.2. The molecule has 0 radical (unpaired) electrons. The van der Waals surface area contributed by atoms with E-state index in [1.807, 2.05) is 7.05 Å². The fraction of sp³-hybridized carbons (Fsp3) is 0.273. The maximum Gasteiger partial charge on any atom is 0.263 e. The van der Waals surface area contributed by atoms with Crippen molar-refractivity contribution in [2.45, 2.75) is 11.6 Å². The van der Waals surface area contributed by atoms with Crippen LogP contribution >= 0.6 is 11.3 Å². The molecule has 2 N–H and O–H groups in total. The van der Waals surface area contributed by atoms with Gasteiger partial charge in [-0.2, -0.15) is 4.31 Å². The number of nitrogens with zero attached hydrogens (tertiary/aromatic N) is 5. The number of nitrogen functional groups attached to an aromatic ring is 1. The number of anilines is 1. The number of sulfonamides is 1. The summed E-state index contributed by atoms with van der Waals surface area (Å²) >= 11 is 1.33. The molecule has 0 bridgehead atoms. The first-order valence-corrected chi connectivity index (χ1v) is 8.37. The van der Waals surface area contributed by atoms with Gasteiger partial charge in [-0.15, -0.1) is 11.3 Å². The van der Waals surface area contributed by atoms with E-state index in [0.717, 1.165) is 0 Å². The fourth-order valence-corrected chi connectivity index (χ4v) is 4.08. The molecule has 112 valence electrons. The molecule has 3 rings (SSSR count). The van der Waals surface area contributed by atoms with E-state index in [2.05, 4.69) is 9.97 Å². The van der Waals surface area contributed by atoms with Gasteiger partial charge in [0.25, 0.3) is 10.0 Å². The first kappa shape index (κ1) is 14.0. The van der Waals surface area contributed by atoms with Crippen LogP contribution in [0, 0.1) is 0 Å². The van der Waals surface area contributed by atoms with Gasteiger partial charge < -0.3 is 10.3 Å². The lowest BCUT2D eigenvalue weighted by molar-refractivity contribution is 0.448. The van der Waals surface area contributed by atoms with E-state index in [1.54, 1.807) is 28.5 Å². The first-order valence-electron chi connectivity index (χ1n) is 6.05. The van der Waals surface area contributed by atoms with Crippen LogP contribution in [0.5, 0.6) is 0 Å². The Morgan fingerprint density at radius 2 is 2.19 bits per heavy atom. The van der Waals surface area contributed by atoms with Gasteiger partial charge in [-0.05, 0) is 0 Å². The molecular formula is C11H14N6O2S2. The number of aromatic nitrogens is 4. The Labute approximate surface area is 125 Å². The quantitative estimate of drug-likeness (QED) is 0.754. The molecule has 0 saturated heterocycles. The Kier molecular flexibility index (Phi) is 3.23. The van der Waals surface area contributed by atoms with Crippen molar-refractivity contribution in [3.05, 3.63) is 29.8 Å². The van der Waals surface area contributed by atoms with Crippen molar-refractivity contribution in [1.29, 1.82) is 0 Å². The van der Waals surface area contributed by atoms with E-state index < -0.39 is 10.0 Å². The zero-order valence-corrected chi connectivity index (χ0v) is 13.1. The number of thiazole rings is 1. The molecule has 0 atom stereocenters. The molecule has 0 aliphatic rings. The second-order valence-corrected chi connectivity index (χ2v) is 7.41. The maximum absolute atomic E-state index is 12.7. The average molecular weight is 326 g/mol. The molecule has 0 saturated carbocycles. The lowest BCUT2D eigenvalue weighted by atomic mass is 10.6. The average Bonchev–Trinajstić information content (AvgIpc) is 3.06. The largest absolute Gasteiger partial charge is 0.381 e. The molecule has 0 spiro atoms. The predicted molar refractivity (Wildman–Crippen MR) is 79.3 cm³/mol. The van der Waals surface area contributed by atoms with Crippen molar-refractivity contribution in [2.24, 2.45) is 7.05 Å². The van der Waals surface area contributed by atoms with Crippen LogP contribution < -0.4 is 5.73 Å². The molecule has 0 amide bonds.